The van der Waals surface area contributed by atoms with Crippen LogP contribution < -0.4 is 5.73 Å². The van der Waals surface area contributed by atoms with E-state index in [0.29, 0.717) is 25.2 Å². The van der Waals surface area contributed by atoms with Crippen LogP contribution in [0.15, 0.2) is 18.2 Å². The SMILES string of the molecule is Cc1cc(COCCCCC(N)C(=O)O)ccc1F. The van der Waals surface area contributed by atoms with Crippen molar-refractivity contribution in [2.75, 3.05) is 6.61 Å². The van der Waals surface area contributed by atoms with Crippen molar-refractivity contribution in [3.05, 3.63) is 35.1 Å². The summed E-state index contributed by atoms with van der Waals surface area (Å²) >= 11 is 0. The zero-order valence-electron chi connectivity index (χ0n) is 11.1. The summed E-state index contributed by atoms with van der Waals surface area (Å²) in [7, 11) is 0. The summed E-state index contributed by atoms with van der Waals surface area (Å²) in [6.07, 6.45) is 1.94. The van der Waals surface area contributed by atoms with Gasteiger partial charge in [0.05, 0.1) is 6.61 Å². The number of rotatable bonds is 8. The molecule has 1 aromatic rings. The molecule has 0 aliphatic rings. The number of carboxylic acids is 1. The lowest BCUT2D eigenvalue weighted by molar-refractivity contribution is -0.138. The van der Waals surface area contributed by atoms with Crippen molar-refractivity contribution < 1.29 is 19.0 Å². The molecule has 0 amide bonds. The van der Waals surface area contributed by atoms with Crippen LogP contribution in [0.3, 0.4) is 0 Å². The van der Waals surface area contributed by atoms with Gasteiger partial charge in [0.15, 0.2) is 0 Å². The number of benzene rings is 1. The van der Waals surface area contributed by atoms with Crippen molar-refractivity contribution in [1.29, 1.82) is 0 Å². The van der Waals surface area contributed by atoms with Crippen molar-refractivity contribution in [3.8, 4) is 0 Å². The summed E-state index contributed by atoms with van der Waals surface area (Å²) < 4.78 is 18.5. The monoisotopic (exact) mass is 269 g/mol. The van der Waals surface area contributed by atoms with Gasteiger partial charge in [-0.25, -0.2) is 4.39 Å². The Bertz CT molecular complexity index is 423. The Morgan fingerprint density at radius 2 is 2.21 bits per heavy atom. The molecule has 1 aromatic carbocycles. The fourth-order valence-corrected chi connectivity index (χ4v) is 1.68. The molecule has 1 unspecified atom stereocenters. The van der Waals surface area contributed by atoms with Crippen LogP contribution in [0.5, 0.6) is 0 Å². The van der Waals surface area contributed by atoms with E-state index in [1.54, 1.807) is 19.1 Å². The van der Waals surface area contributed by atoms with Gasteiger partial charge in [0.25, 0.3) is 0 Å². The third kappa shape index (κ3) is 5.81. The highest BCUT2D eigenvalue weighted by molar-refractivity contribution is 5.72. The van der Waals surface area contributed by atoms with Gasteiger partial charge in [0, 0.05) is 6.61 Å². The summed E-state index contributed by atoms with van der Waals surface area (Å²) in [6, 6.07) is 4.10. The number of hydrogen-bond donors (Lipinski definition) is 2. The Labute approximate surface area is 112 Å². The second kappa shape index (κ2) is 7.86. The standard InChI is InChI=1S/C14H20FNO3/c1-10-8-11(5-6-12(10)15)9-19-7-3-2-4-13(16)14(17)18/h5-6,8,13H,2-4,7,9,16H2,1H3,(H,17,18). The highest BCUT2D eigenvalue weighted by Gasteiger charge is 2.09. The molecule has 0 saturated heterocycles. The van der Waals surface area contributed by atoms with Crippen molar-refractivity contribution in [2.45, 2.75) is 38.8 Å². The Morgan fingerprint density at radius 3 is 2.84 bits per heavy atom. The smallest absolute Gasteiger partial charge is 0.320 e. The fourth-order valence-electron chi connectivity index (χ4n) is 1.68. The summed E-state index contributed by atoms with van der Waals surface area (Å²) in [5.41, 5.74) is 6.91. The summed E-state index contributed by atoms with van der Waals surface area (Å²) in [6.45, 7) is 2.70. The Kier molecular flexibility index (Phi) is 6.45. The first-order valence-electron chi connectivity index (χ1n) is 6.32. The number of nitrogens with two attached hydrogens (primary N) is 1. The lowest BCUT2D eigenvalue weighted by atomic mass is 10.1. The van der Waals surface area contributed by atoms with Gasteiger partial charge in [-0.3, -0.25) is 4.79 Å². The first kappa shape index (κ1) is 15.6. The van der Waals surface area contributed by atoms with Gasteiger partial charge in [-0.15, -0.1) is 0 Å². The van der Waals surface area contributed by atoms with Gasteiger partial charge in [-0.1, -0.05) is 12.1 Å². The lowest BCUT2D eigenvalue weighted by Gasteiger charge is -2.07. The summed E-state index contributed by atoms with van der Waals surface area (Å²) in [5, 5.41) is 8.59. The fraction of sp³-hybridized carbons (Fsp3) is 0.500. The van der Waals surface area contributed by atoms with Crippen molar-refractivity contribution in [2.24, 2.45) is 5.73 Å². The van der Waals surface area contributed by atoms with E-state index >= 15 is 0 Å². The number of halogens is 1. The van der Waals surface area contributed by atoms with E-state index in [0.717, 1.165) is 18.4 Å². The molecule has 0 aromatic heterocycles. The zero-order valence-corrected chi connectivity index (χ0v) is 11.1. The predicted octanol–water partition coefficient (Wildman–Crippen LogP) is 2.23. The molecular weight excluding hydrogens is 249 g/mol. The van der Waals surface area contributed by atoms with Crippen LogP contribution in [0.4, 0.5) is 4.39 Å². The van der Waals surface area contributed by atoms with E-state index < -0.39 is 12.0 Å². The van der Waals surface area contributed by atoms with Gasteiger partial charge in [0.2, 0.25) is 0 Å². The van der Waals surface area contributed by atoms with Crippen LogP contribution >= 0.6 is 0 Å². The normalized spacial score (nSPS) is 12.4. The molecule has 0 spiro atoms. The molecule has 0 radical (unpaired) electrons. The average molecular weight is 269 g/mol. The largest absolute Gasteiger partial charge is 0.480 e. The first-order chi connectivity index (χ1) is 9.00. The topological polar surface area (TPSA) is 72.5 Å². The molecule has 0 heterocycles. The first-order valence-corrected chi connectivity index (χ1v) is 6.32. The van der Waals surface area contributed by atoms with Crippen molar-refractivity contribution >= 4 is 5.97 Å². The van der Waals surface area contributed by atoms with Gasteiger partial charge < -0.3 is 15.6 Å². The van der Waals surface area contributed by atoms with Crippen LogP contribution in [0, 0.1) is 12.7 Å². The van der Waals surface area contributed by atoms with E-state index in [1.165, 1.54) is 6.07 Å². The van der Waals surface area contributed by atoms with Gasteiger partial charge in [-0.05, 0) is 43.4 Å². The highest BCUT2D eigenvalue weighted by Crippen LogP contribution is 2.10. The molecule has 4 nitrogen and oxygen atoms in total. The number of aliphatic carboxylic acids is 1. The number of carbonyl (C=O) groups is 1. The molecule has 19 heavy (non-hydrogen) atoms. The quantitative estimate of drug-likeness (QED) is 0.710. The maximum Gasteiger partial charge on any atom is 0.320 e. The van der Waals surface area contributed by atoms with Crippen molar-refractivity contribution in [1.82, 2.24) is 0 Å². The summed E-state index contributed by atoms with van der Waals surface area (Å²) in [5.74, 6) is -1.19. The van der Waals surface area contributed by atoms with Crippen LogP contribution in [0.25, 0.3) is 0 Å². The second-order valence-electron chi connectivity index (χ2n) is 4.58. The lowest BCUT2D eigenvalue weighted by Crippen LogP contribution is -2.29. The highest BCUT2D eigenvalue weighted by atomic mass is 19.1. The third-order valence-corrected chi connectivity index (χ3v) is 2.86. The van der Waals surface area contributed by atoms with E-state index in [1.807, 2.05) is 0 Å². The van der Waals surface area contributed by atoms with Crippen LogP contribution in [0.2, 0.25) is 0 Å². The van der Waals surface area contributed by atoms with E-state index in [-0.39, 0.29) is 5.82 Å². The third-order valence-electron chi connectivity index (χ3n) is 2.86. The van der Waals surface area contributed by atoms with E-state index in [9.17, 15) is 9.18 Å². The zero-order chi connectivity index (χ0) is 14.3. The molecule has 1 rings (SSSR count). The minimum absolute atomic E-state index is 0.216. The van der Waals surface area contributed by atoms with Gasteiger partial charge >= 0.3 is 5.97 Å². The molecule has 0 aliphatic heterocycles. The number of carboxylic acid groups (broad SMARTS) is 1. The molecular formula is C14H20FNO3. The van der Waals surface area contributed by atoms with E-state index in [4.69, 9.17) is 15.6 Å². The number of aryl methyl sites for hydroxylation is 1. The number of ether oxygens (including phenoxy) is 1. The Balaban J connectivity index is 2.14. The molecule has 106 valence electrons. The van der Waals surface area contributed by atoms with Crippen LogP contribution in [0.1, 0.15) is 30.4 Å². The average Bonchev–Trinajstić information content (AvgIpc) is 2.37. The molecule has 3 N–H and O–H groups in total. The van der Waals surface area contributed by atoms with E-state index in [2.05, 4.69) is 0 Å². The second-order valence-corrected chi connectivity index (χ2v) is 4.58. The van der Waals surface area contributed by atoms with Gasteiger partial charge in [0.1, 0.15) is 11.9 Å². The molecule has 0 fully saturated rings. The Hall–Kier alpha value is -1.46. The van der Waals surface area contributed by atoms with Crippen LogP contribution in [-0.4, -0.2) is 23.7 Å². The minimum atomic E-state index is -0.970. The van der Waals surface area contributed by atoms with Crippen LogP contribution in [-0.2, 0) is 16.1 Å². The minimum Gasteiger partial charge on any atom is -0.480 e. The van der Waals surface area contributed by atoms with Crippen molar-refractivity contribution in [3.63, 3.8) is 0 Å². The Morgan fingerprint density at radius 1 is 1.47 bits per heavy atom. The number of unbranched alkanes of at least 4 members (excludes halogenated alkanes) is 1. The molecule has 0 aliphatic carbocycles. The number of hydrogen-bond acceptors (Lipinski definition) is 3. The van der Waals surface area contributed by atoms with Gasteiger partial charge in [-0.2, -0.15) is 0 Å². The molecule has 0 bridgehead atoms. The molecule has 0 saturated carbocycles. The molecule has 5 heteroatoms. The predicted molar refractivity (Wildman–Crippen MR) is 70.3 cm³/mol. The maximum absolute atomic E-state index is 13.0. The molecule has 1 atom stereocenters. The summed E-state index contributed by atoms with van der Waals surface area (Å²) in [4.78, 5) is 10.5. The maximum atomic E-state index is 13.0.